The van der Waals surface area contributed by atoms with Crippen molar-refractivity contribution in [2.45, 2.75) is 20.0 Å². The van der Waals surface area contributed by atoms with Gasteiger partial charge in [0.1, 0.15) is 5.75 Å². The molecule has 0 aliphatic heterocycles. The SMILES string of the molecule is CC(C)C(Oc1cnc2ccccc2c1)C(=O)NN. The van der Waals surface area contributed by atoms with Crippen LogP contribution in [0.3, 0.4) is 0 Å². The summed E-state index contributed by atoms with van der Waals surface area (Å²) in [6.07, 6.45) is 0.981. The summed E-state index contributed by atoms with van der Waals surface area (Å²) in [6.45, 7) is 3.79. The number of benzene rings is 1. The van der Waals surface area contributed by atoms with Crippen LogP contribution in [-0.2, 0) is 4.79 Å². The number of nitrogens with zero attached hydrogens (tertiary/aromatic N) is 1. The van der Waals surface area contributed by atoms with E-state index in [0.29, 0.717) is 5.75 Å². The zero-order valence-corrected chi connectivity index (χ0v) is 11.0. The Labute approximate surface area is 111 Å². The molecule has 0 spiro atoms. The molecule has 0 aliphatic rings. The van der Waals surface area contributed by atoms with Gasteiger partial charge in [-0.25, -0.2) is 5.84 Å². The van der Waals surface area contributed by atoms with Gasteiger partial charge >= 0.3 is 0 Å². The number of para-hydroxylation sites is 1. The number of carbonyl (C=O) groups excluding carboxylic acids is 1. The van der Waals surface area contributed by atoms with Gasteiger partial charge in [-0.2, -0.15) is 0 Å². The lowest BCUT2D eigenvalue weighted by Gasteiger charge is -2.20. The lowest BCUT2D eigenvalue weighted by atomic mass is 10.1. The van der Waals surface area contributed by atoms with Crippen molar-refractivity contribution in [3.8, 4) is 5.75 Å². The summed E-state index contributed by atoms with van der Waals surface area (Å²) in [7, 11) is 0. The van der Waals surface area contributed by atoms with Gasteiger partial charge in [-0.1, -0.05) is 32.0 Å². The van der Waals surface area contributed by atoms with Crippen LogP contribution >= 0.6 is 0 Å². The lowest BCUT2D eigenvalue weighted by Crippen LogP contribution is -2.44. The molecule has 100 valence electrons. The number of ether oxygens (including phenoxy) is 1. The van der Waals surface area contributed by atoms with E-state index in [2.05, 4.69) is 10.4 Å². The van der Waals surface area contributed by atoms with Gasteiger partial charge in [0, 0.05) is 5.39 Å². The van der Waals surface area contributed by atoms with Crippen LogP contribution in [0.2, 0.25) is 0 Å². The van der Waals surface area contributed by atoms with E-state index in [9.17, 15) is 4.79 Å². The number of aromatic nitrogens is 1. The van der Waals surface area contributed by atoms with Gasteiger partial charge in [-0.05, 0) is 18.1 Å². The number of nitrogens with one attached hydrogen (secondary N) is 1. The fourth-order valence-electron chi connectivity index (χ4n) is 1.84. The quantitative estimate of drug-likeness (QED) is 0.497. The van der Waals surface area contributed by atoms with Crippen LogP contribution in [-0.4, -0.2) is 17.0 Å². The topological polar surface area (TPSA) is 77.2 Å². The van der Waals surface area contributed by atoms with Crippen LogP contribution in [0.15, 0.2) is 36.5 Å². The maximum absolute atomic E-state index is 11.6. The molecule has 19 heavy (non-hydrogen) atoms. The van der Waals surface area contributed by atoms with E-state index >= 15 is 0 Å². The molecule has 0 aliphatic carbocycles. The summed E-state index contributed by atoms with van der Waals surface area (Å²) in [5.74, 6) is 5.38. The minimum atomic E-state index is -0.632. The summed E-state index contributed by atoms with van der Waals surface area (Å²) < 4.78 is 5.68. The molecule has 0 fully saturated rings. The second-order valence-electron chi connectivity index (χ2n) is 4.65. The molecule has 3 N–H and O–H groups in total. The van der Waals surface area contributed by atoms with Crippen LogP contribution in [0.5, 0.6) is 5.75 Å². The van der Waals surface area contributed by atoms with Crippen LogP contribution in [0.25, 0.3) is 10.9 Å². The van der Waals surface area contributed by atoms with E-state index in [0.717, 1.165) is 10.9 Å². The van der Waals surface area contributed by atoms with Crippen LogP contribution < -0.4 is 16.0 Å². The molecule has 1 unspecified atom stereocenters. The summed E-state index contributed by atoms with van der Waals surface area (Å²) >= 11 is 0. The maximum atomic E-state index is 11.6. The summed E-state index contributed by atoms with van der Waals surface area (Å²) in [6, 6.07) is 9.59. The number of fused-ring (bicyclic) bond motifs is 1. The molecular formula is C14H17N3O2. The Morgan fingerprint density at radius 1 is 1.37 bits per heavy atom. The third-order valence-electron chi connectivity index (χ3n) is 2.83. The Kier molecular flexibility index (Phi) is 3.97. The molecule has 0 saturated carbocycles. The predicted octanol–water partition coefficient (Wildman–Crippen LogP) is 1.63. The maximum Gasteiger partial charge on any atom is 0.275 e. The molecule has 0 bridgehead atoms. The Morgan fingerprint density at radius 2 is 2.11 bits per heavy atom. The zero-order valence-electron chi connectivity index (χ0n) is 11.0. The number of hydrogen-bond donors (Lipinski definition) is 2. The van der Waals surface area contributed by atoms with Gasteiger partial charge in [-0.3, -0.25) is 15.2 Å². The van der Waals surface area contributed by atoms with Crippen molar-refractivity contribution < 1.29 is 9.53 Å². The molecule has 2 rings (SSSR count). The van der Waals surface area contributed by atoms with Gasteiger partial charge in [0.05, 0.1) is 11.7 Å². The molecule has 1 heterocycles. The van der Waals surface area contributed by atoms with Gasteiger partial charge in [0.15, 0.2) is 6.10 Å². The van der Waals surface area contributed by atoms with Crippen molar-refractivity contribution in [2.75, 3.05) is 0 Å². The highest BCUT2D eigenvalue weighted by molar-refractivity contribution is 5.82. The number of nitrogens with two attached hydrogens (primary N) is 1. The standard InChI is InChI=1S/C14H17N3O2/c1-9(2)13(14(18)17-15)19-11-7-10-5-3-4-6-12(10)16-8-11/h3-9,13H,15H2,1-2H3,(H,17,18). The average molecular weight is 259 g/mol. The molecule has 0 saturated heterocycles. The predicted molar refractivity (Wildman–Crippen MR) is 73.3 cm³/mol. The Hall–Kier alpha value is -2.14. The molecule has 2 aromatic rings. The fraction of sp³-hybridized carbons (Fsp3) is 0.286. The monoisotopic (exact) mass is 259 g/mol. The summed E-state index contributed by atoms with van der Waals surface area (Å²) in [5.41, 5.74) is 3.01. The summed E-state index contributed by atoms with van der Waals surface area (Å²) in [4.78, 5) is 15.9. The van der Waals surface area contributed by atoms with Gasteiger partial charge in [0.2, 0.25) is 0 Å². The number of hydrogen-bond acceptors (Lipinski definition) is 4. The van der Waals surface area contributed by atoms with E-state index in [1.807, 2.05) is 44.2 Å². The van der Waals surface area contributed by atoms with Crippen molar-refractivity contribution in [2.24, 2.45) is 11.8 Å². The first-order valence-electron chi connectivity index (χ1n) is 6.13. The van der Waals surface area contributed by atoms with E-state index in [1.165, 1.54) is 0 Å². The Morgan fingerprint density at radius 3 is 2.79 bits per heavy atom. The molecule has 1 aromatic heterocycles. The van der Waals surface area contributed by atoms with Crippen molar-refractivity contribution >= 4 is 16.8 Å². The number of pyridine rings is 1. The molecule has 1 aromatic carbocycles. The molecule has 5 nitrogen and oxygen atoms in total. The largest absolute Gasteiger partial charge is 0.479 e. The first-order valence-corrected chi connectivity index (χ1v) is 6.13. The van der Waals surface area contributed by atoms with Crippen molar-refractivity contribution in [3.63, 3.8) is 0 Å². The first kappa shape index (κ1) is 13.3. The minimum absolute atomic E-state index is 0.00928. The van der Waals surface area contributed by atoms with Crippen LogP contribution in [0.4, 0.5) is 0 Å². The highest BCUT2D eigenvalue weighted by Crippen LogP contribution is 2.20. The summed E-state index contributed by atoms with van der Waals surface area (Å²) in [5, 5.41) is 0.968. The number of amides is 1. The molecule has 1 atom stereocenters. The van der Waals surface area contributed by atoms with E-state index in [-0.39, 0.29) is 11.8 Å². The van der Waals surface area contributed by atoms with Gasteiger partial charge in [-0.15, -0.1) is 0 Å². The van der Waals surface area contributed by atoms with Gasteiger partial charge < -0.3 is 4.74 Å². The third-order valence-corrected chi connectivity index (χ3v) is 2.83. The smallest absolute Gasteiger partial charge is 0.275 e. The lowest BCUT2D eigenvalue weighted by molar-refractivity contribution is -0.129. The Balaban J connectivity index is 2.26. The van der Waals surface area contributed by atoms with E-state index in [4.69, 9.17) is 10.6 Å². The second kappa shape index (κ2) is 5.67. The number of hydrazine groups is 1. The number of rotatable bonds is 4. The van der Waals surface area contributed by atoms with E-state index < -0.39 is 6.10 Å². The molecular weight excluding hydrogens is 242 g/mol. The highest BCUT2D eigenvalue weighted by Gasteiger charge is 2.23. The van der Waals surface area contributed by atoms with E-state index in [1.54, 1.807) is 6.20 Å². The van der Waals surface area contributed by atoms with Crippen molar-refractivity contribution in [1.82, 2.24) is 10.4 Å². The van der Waals surface area contributed by atoms with Crippen LogP contribution in [0, 0.1) is 5.92 Å². The molecule has 5 heteroatoms. The molecule has 1 amide bonds. The average Bonchev–Trinajstić information content (AvgIpc) is 2.43. The normalized spacial score (nSPS) is 12.4. The van der Waals surface area contributed by atoms with Crippen molar-refractivity contribution in [3.05, 3.63) is 36.5 Å². The molecule has 0 radical (unpaired) electrons. The van der Waals surface area contributed by atoms with Crippen LogP contribution in [0.1, 0.15) is 13.8 Å². The first-order chi connectivity index (χ1) is 9.11. The third kappa shape index (κ3) is 3.00. The highest BCUT2D eigenvalue weighted by atomic mass is 16.5. The van der Waals surface area contributed by atoms with Gasteiger partial charge in [0.25, 0.3) is 5.91 Å². The number of carbonyl (C=O) groups is 1. The zero-order chi connectivity index (χ0) is 13.8. The van der Waals surface area contributed by atoms with Crippen molar-refractivity contribution in [1.29, 1.82) is 0 Å². The second-order valence-corrected chi connectivity index (χ2v) is 4.65. The Bertz CT molecular complexity index is 584. The minimum Gasteiger partial charge on any atom is -0.479 e. The fourth-order valence-corrected chi connectivity index (χ4v) is 1.84.